The quantitative estimate of drug-likeness (QED) is 0.880. The molecule has 0 spiro atoms. The number of carboxylic acids is 1. The fraction of sp³-hybridized carbons (Fsp3) is 0.333. The number of nitrogens with zero attached hydrogens (tertiary/aromatic N) is 2. The van der Waals surface area contributed by atoms with E-state index in [0.717, 1.165) is 11.1 Å². The first kappa shape index (κ1) is 11.4. The van der Waals surface area contributed by atoms with Crippen LogP contribution in [0.2, 0.25) is 0 Å². The summed E-state index contributed by atoms with van der Waals surface area (Å²) in [5.41, 5.74) is 2.45. The van der Waals surface area contributed by atoms with Crippen LogP contribution in [0.4, 0.5) is 6.01 Å². The van der Waals surface area contributed by atoms with E-state index in [0.29, 0.717) is 11.6 Å². The first-order valence-corrected chi connectivity index (χ1v) is 5.32. The summed E-state index contributed by atoms with van der Waals surface area (Å²) in [6.07, 6.45) is 0. The summed E-state index contributed by atoms with van der Waals surface area (Å²) < 4.78 is 5.53. The van der Waals surface area contributed by atoms with E-state index in [1.165, 1.54) is 4.90 Å². The summed E-state index contributed by atoms with van der Waals surface area (Å²) in [7, 11) is 1.65. The normalized spacial score (nSPS) is 12.6. The highest BCUT2D eigenvalue weighted by Gasteiger charge is 2.21. The second-order valence-corrected chi connectivity index (χ2v) is 4.04. The smallest absolute Gasteiger partial charge is 0.326 e. The molecule has 1 N–H and O–H groups in total. The minimum atomic E-state index is -0.911. The average molecular weight is 234 g/mol. The van der Waals surface area contributed by atoms with Crippen LogP contribution >= 0.6 is 0 Å². The molecule has 1 atom stereocenters. The molecule has 90 valence electrons. The fourth-order valence-corrected chi connectivity index (χ4v) is 1.56. The van der Waals surface area contributed by atoms with E-state index < -0.39 is 12.0 Å². The average Bonchev–Trinajstić information content (AvgIpc) is 2.72. The number of benzene rings is 1. The number of para-hydroxylation sites is 1. The highest BCUT2D eigenvalue weighted by Crippen LogP contribution is 2.24. The van der Waals surface area contributed by atoms with Crippen LogP contribution in [0.25, 0.3) is 11.1 Å². The van der Waals surface area contributed by atoms with Crippen molar-refractivity contribution in [1.82, 2.24) is 4.98 Å². The summed E-state index contributed by atoms with van der Waals surface area (Å²) in [5, 5.41) is 8.93. The highest BCUT2D eigenvalue weighted by atomic mass is 16.4. The Balaban J connectivity index is 2.43. The van der Waals surface area contributed by atoms with Crippen LogP contribution in [-0.2, 0) is 4.79 Å². The predicted molar refractivity (Wildman–Crippen MR) is 64.2 cm³/mol. The maximum atomic E-state index is 10.9. The van der Waals surface area contributed by atoms with Crippen LogP contribution in [0.5, 0.6) is 0 Å². The van der Waals surface area contributed by atoms with Gasteiger partial charge in [0, 0.05) is 7.05 Å². The molecular formula is C12H14N2O3. The van der Waals surface area contributed by atoms with Crippen molar-refractivity contribution in [1.29, 1.82) is 0 Å². The lowest BCUT2D eigenvalue weighted by molar-refractivity contribution is -0.138. The molecule has 0 saturated heterocycles. The van der Waals surface area contributed by atoms with Crippen molar-refractivity contribution < 1.29 is 14.3 Å². The van der Waals surface area contributed by atoms with Crippen LogP contribution in [0.1, 0.15) is 12.5 Å². The van der Waals surface area contributed by atoms with Gasteiger partial charge in [-0.1, -0.05) is 12.1 Å². The third-order valence-corrected chi connectivity index (χ3v) is 2.85. The molecule has 0 amide bonds. The van der Waals surface area contributed by atoms with Crippen LogP contribution in [0, 0.1) is 6.92 Å². The van der Waals surface area contributed by atoms with Crippen LogP contribution in [0.15, 0.2) is 22.6 Å². The van der Waals surface area contributed by atoms with Gasteiger partial charge in [-0.3, -0.25) is 0 Å². The van der Waals surface area contributed by atoms with E-state index in [4.69, 9.17) is 9.52 Å². The Morgan fingerprint density at radius 1 is 1.53 bits per heavy atom. The molecule has 2 aromatic rings. The number of fused-ring (bicyclic) bond motifs is 1. The lowest BCUT2D eigenvalue weighted by Gasteiger charge is -2.18. The molecular weight excluding hydrogens is 220 g/mol. The summed E-state index contributed by atoms with van der Waals surface area (Å²) in [6, 6.07) is 5.29. The van der Waals surface area contributed by atoms with Gasteiger partial charge in [0.25, 0.3) is 6.01 Å². The van der Waals surface area contributed by atoms with E-state index >= 15 is 0 Å². The Morgan fingerprint density at radius 2 is 2.24 bits per heavy atom. The van der Waals surface area contributed by atoms with Gasteiger partial charge < -0.3 is 14.4 Å². The Bertz CT molecular complexity index is 562. The molecule has 0 aliphatic rings. The lowest BCUT2D eigenvalue weighted by Crippen LogP contribution is -2.35. The molecule has 1 aromatic carbocycles. The summed E-state index contributed by atoms with van der Waals surface area (Å²) in [4.78, 5) is 16.7. The number of carboxylic acid groups (broad SMARTS) is 1. The number of hydrogen-bond acceptors (Lipinski definition) is 4. The molecule has 2 rings (SSSR count). The van der Waals surface area contributed by atoms with Gasteiger partial charge in [-0.2, -0.15) is 4.98 Å². The molecule has 5 nitrogen and oxygen atoms in total. The molecule has 1 heterocycles. The van der Waals surface area contributed by atoms with Gasteiger partial charge in [-0.05, 0) is 25.5 Å². The first-order valence-electron chi connectivity index (χ1n) is 5.32. The molecule has 1 aromatic heterocycles. The number of oxazole rings is 1. The van der Waals surface area contributed by atoms with Gasteiger partial charge in [0.05, 0.1) is 0 Å². The number of anilines is 1. The second-order valence-electron chi connectivity index (χ2n) is 4.04. The lowest BCUT2D eigenvalue weighted by atomic mass is 10.2. The highest BCUT2D eigenvalue weighted by molar-refractivity contribution is 5.80. The van der Waals surface area contributed by atoms with E-state index in [1.807, 2.05) is 25.1 Å². The fourth-order valence-electron chi connectivity index (χ4n) is 1.56. The maximum Gasteiger partial charge on any atom is 0.326 e. The van der Waals surface area contributed by atoms with Gasteiger partial charge in [-0.15, -0.1) is 0 Å². The first-order chi connectivity index (χ1) is 8.00. The van der Waals surface area contributed by atoms with Crippen molar-refractivity contribution in [2.45, 2.75) is 19.9 Å². The van der Waals surface area contributed by atoms with Gasteiger partial charge in [0.15, 0.2) is 5.58 Å². The van der Waals surface area contributed by atoms with Crippen molar-refractivity contribution in [2.75, 3.05) is 11.9 Å². The van der Waals surface area contributed by atoms with Gasteiger partial charge in [0.1, 0.15) is 11.6 Å². The maximum absolute atomic E-state index is 10.9. The van der Waals surface area contributed by atoms with Crippen molar-refractivity contribution in [3.8, 4) is 0 Å². The van der Waals surface area contributed by atoms with E-state index in [2.05, 4.69) is 4.98 Å². The number of likely N-dealkylation sites (N-methyl/N-ethyl adjacent to an activating group) is 1. The third-order valence-electron chi connectivity index (χ3n) is 2.85. The van der Waals surface area contributed by atoms with Crippen molar-refractivity contribution in [3.63, 3.8) is 0 Å². The molecule has 0 aliphatic carbocycles. The zero-order valence-electron chi connectivity index (χ0n) is 9.97. The number of aryl methyl sites for hydroxylation is 1. The van der Waals surface area contributed by atoms with Gasteiger partial charge in [0.2, 0.25) is 0 Å². The topological polar surface area (TPSA) is 66.6 Å². The van der Waals surface area contributed by atoms with E-state index in [9.17, 15) is 4.79 Å². The second kappa shape index (κ2) is 4.08. The molecule has 0 bridgehead atoms. The number of carbonyl (C=O) groups is 1. The van der Waals surface area contributed by atoms with Crippen LogP contribution in [-0.4, -0.2) is 29.1 Å². The standard InChI is InChI=1S/C12H14N2O3/c1-7-5-4-6-9-10(7)13-12(17-9)14(3)8(2)11(15)16/h4-6,8H,1-3H3,(H,15,16). The minimum Gasteiger partial charge on any atom is -0.480 e. The zero-order chi connectivity index (χ0) is 12.6. The molecule has 1 unspecified atom stereocenters. The Morgan fingerprint density at radius 3 is 2.82 bits per heavy atom. The van der Waals surface area contributed by atoms with E-state index in [1.54, 1.807) is 14.0 Å². The summed E-state index contributed by atoms with van der Waals surface area (Å²) >= 11 is 0. The monoisotopic (exact) mass is 234 g/mol. The minimum absolute atomic E-state index is 0.323. The summed E-state index contributed by atoms with van der Waals surface area (Å²) in [5.74, 6) is -0.911. The van der Waals surface area contributed by atoms with Crippen molar-refractivity contribution >= 4 is 23.1 Å². The molecule has 0 radical (unpaired) electrons. The summed E-state index contributed by atoms with van der Waals surface area (Å²) in [6.45, 7) is 3.53. The van der Waals surface area contributed by atoms with Gasteiger partial charge in [-0.25, -0.2) is 4.79 Å². The molecule has 5 heteroatoms. The van der Waals surface area contributed by atoms with E-state index in [-0.39, 0.29) is 0 Å². The largest absolute Gasteiger partial charge is 0.480 e. The molecule has 0 saturated carbocycles. The van der Waals surface area contributed by atoms with Crippen molar-refractivity contribution in [3.05, 3.63) is 23.8 Å². The number of hydrogen-bond donors (Lipinski definition) is 1. The Kier molecular flexibility index (Phi) is 2.75. The number of rotatable bonds is 3. The number of aliphatic carboxylic acids is 1. The van der Waals surface area contributed by atoms with Crippen LogP contribution < -0.4 is 4.90 Å². The Hall–Kier alpha value is -2.04. The van der Waals surface area contributed by atoms with Crippen molar-refractivity contribution in [2.24, 2.45) is 0 Å². The SMILES string of the molecule is Cc1cccc2oc(N(C)C(C)C(=O)O)nc12. The predicted octanol–water partition coefficient (Wildman–Crippen LogP) is 2.05. The third kappa shape index (κ3) is 1.95. The van der Waals surface area contributed by atoms with Crippen LogP contribution in [0.3, 0.4) is 0 Å². The molecule has 17 heavy (non-hydrogen) atoms. The number of aromatic nitrogens is 1. The zero-order valence-corrected chi connectivity index (χ0v) is 9.97. The molecule has 0 aliphatic heterocycles. The Labute approximate surface area is 98.7 Å². The molecule has 0 fully saturated rings. The van der Waals surface area contributed by atoms with Gasteiger partial charge >= 0.3 is 5.97 Å².